The van der Waals surface area contributed by atoms with Crippen LogP contribution in [0, 0.1) is 24.1 Å². The molecule has 27 heavy (non-hydrogen) atoms. The molecule has 8 heteroatoms. The van der Waals surface area contributed by atoms with Gasteiger partial charge in [-0.15, -0.1) is 0 Å². The fraction of sp³-hybridized carbons (Fsp3) is 0.211. The summed E-state index contributed by atoms with van der Waals surface area (Å²) in [4.78, 5) is 26.0. The molecule has 0 radical (unpaired) electrons. The van der Waals surface area contributed by atoms with Crippen molar-refractivity contribution in [3.05, 3.63) is 63.4 Å². The lowest BCUT2D eigenvalue weighted by Crippen LogP contribution is -2.35. The number of hydrogen-bond donors (Lipinski definition) is 0. The highest BCUT2D eigenvalue weighted by Crippen LogP contribution is 2.23. The summed E-state index contributed by atoms with van der Waals surface area (Å²) in [5.74, 6) is -1.95. The second kappa shape index (κ2) is 9.36. The lowest BCUT2D eigenvalue weighted by Gasteiger charge is -2.22. The average Bonchev–Trinajstić information content (AvgIpc) is 2.62. The number of amides is 1. The van der Waals surface area contributed by atoms with Gasteiger partial charge in [-0.3, -0.25) is 4.79 Å². The number of rotatable bonds is 6. The third-order valence-corrected chi connectivity index (χ3v) is 4.42. The van der Waals surface area contributed by atoms with Crippen LogP contribution in [-0.2, 0) is 9.53 Å². The molecule has 0 atom stereocenters. The van der Waals surface area contributed by atoms with Crippen molar-refractivity contribution in [1.82, 2.24) is 0 Å². The molecule has 0 aliphatic carbocycles. The quantitative estimate of drug-likeness (QED) is 0.657. The first-order chi connectivity index (χ1) is 12.8. The first-order valence-corrected chi connectivity index (χ1v) is 8.64. The van der Waals surface area contributed by atoms with E-state index >= 15 is 0 Å². The van der Waals surface area contributed by atoms with Gasteiger partial charge < -0.3 is 9.64 Å². The Hall–Kier alpha value is -2.62. The molecular weight excluding hydrogens is 394 g/mol. The number of ether oxygens (including phenoxy) is 1. The lowest BCUT2D eigenvalue weighted by molar-refractivity contribution is -0.121. The predicted octanol–water partition coefficient (Wildman–Crippen LogP) is 4.54. The summed E-state index contributed by atoms with van der Waals surface area (Å²) in [6, 6.07) is 10.2. The van der Waals surface area contributed by atoms with E-state index in [1.165, 1.54) is 11.0 Å². The van der Waals surface area contributed by atoms with Crippen molar-refractivity contribution >= 4 is 40.8 Å². The van der Waals surface area contributed by atoms with Gasteiger partial charge in [-0.05, 0) is 48.9 Å². The number of esters is 1. The Labute approximate surface area is 165 Å². The molecule has 0 heterocycles. The molecule has 2 aromatic rings. The van der Waals surface area contributed by atoms with Crippen LogP contribution in [0.4, 0.5) is 10.1 Å². The van der Waals surface area contributed by atoms with E-state index in [9.17, 15) is 14.0 Å². The van der Waals surface area contributed by atoms with Crippen molar-refractivity contribution in [2.75, 3.05) is 18.1 Å². The molecule has 0 saturated carbocycles. The zero-order valence-electron chi connectivity index (χ0n) is 14.3. The summed E-state index contributed by atoms with van der Waals surface area (Å²) in [6.45, 7) is 1.36. The normalized spacial score (nSPS) is 10.2. The fourth-order valence-corrected chi connectivity index (χ4v) is 2.66. The molecule has 0 fully saturated rings. The van der Waals surface area contributed by atoms with Crippen LogP contribution in [-0.4, -0.2) is 25.0 Å². The molecule has 1 amide bonds. The molecule has 0 N–H and O–H groups in total. The Bertz CT molecular complexity index is 912. The molecule has 0 aliphatic rings. The minimum absolute atomic E-state index is 0.0446. The second-order valence-electron chi connectivity index (χ2n) is 5.59. The van der Waals surface area contributed by atoms with Crippen molar-refractivity contribution in [2.24, 2.45) is 0 Å². The van der Waals surface area contributed by atoms with E-state index in [0.29, 0.717) is 10.7 Å². The van der Waals surface area contributed by atoms with Crippen molar-refractivity contribution in [1.29, 1.82) is 5.26 Å². The second-order valence-corrected chi connectivity index (χ2v) is 6.40. The van der Waals surface area contributed by atoms with E-state index in [0.717, 1.165) is 17.7 Å². The van der Waals surface area contributed by atoms with Gasteiger partial charge in [-0.2, -0.15) is 5.26 Å². The van der Waals surface area contributed by atoms with Gasteiger partial charge in [0.1, 0.15) is 5.82 Å². The Kier molecular flexibility index (Phi) is 7.17. The molecule has 2 aromatic carbocycles. The third-order valence-electron chi connectivity index (χ3n) is 3.68. The topological polar surface area (TPSA) is 70.4 Å². The summed E-state index contributed by atoms with van der Waals surface area (Å²) in [5, 5.41) is 9.26. The van der Waals surface area contributed by atoms with Crippen LogP contribution < -0.4 is 4.90 Å². The number of halogens is 3. The van der Waals surface area contributed by atoms with E-state index in [1.807, 2.05) is 6.07 Å². The molecule has 140 valence electrons. The Balaban J connectivity index is 2.12. The highest BCUT2D eigenvalue weighted by atomic mass is 35.5. The first kappa shape index (κ1) is 20.7. The summed E-state index contributed by atoms with van der Waals surface area (Å²) in [7, 11) is 0. The van der Waals surface area contributed by atoms with Crippen molar-refractivity contribution in [3.8, 4) is 6.07 Å². The van der Waals surface area contributed by atoms with Gasteiger partial charge in [-0.25, -0.2) is 9.18 Å². The minimum Gasteiger partial charge on any atom is -0.452 e. The smallest absolute Gasteiger partial charge is 0.340 e. The largest absolute Gasteiger partial charge is 0.452 e. The number of aryl methyl sites for hydroxylation is 1. The molecular formula is C19H15Cl2FN2O3. The van der Waals surface area contributed by atoms with E-state index in [1.54, 1.807) is 25.1 Å². The van der Waals surface area contributed by atoms with Gasteiger partial charge in [-0.1, -0.05) is 23.2 Å². The van der Waals surface area contributed by atoms with Crippen LogP contribution in [0.15, 0.2) is 36.4 Å². The number of anilines is 1. The molecule has 0 unspecified atom stereocenters. The van der Waals surface area contributed by atoms with E-state index in [4.69, 9.17) is 33.2 Å². The number of benzene rings is 2. The standard InChI is InChI=1S/C19H15Cl2FN2O3/c1-12-9-14(4-6-16(12)20)24(8-2-7-23)18(25)11-27-19(26)15-5-3-13(22)10-17(15)21/h3-6,9-10H,2,8,11H2,1H3. The van der Waals surface area contributed by atoms with Crippen LogP contribution in [0.2, 0.25) is 10.0 Å². The maximum atomic E-state index is 13.1. The molecule has 0 bridgehead atoms. The fourth-order valence-electron chi connectivity index (χ4n) is 2.29. The summed E-state index contributed by atoms with van der Waals surface area (Å²) < 4.78 is 18.1. The Morgan fingerprint density at radius 2 is 1.93 bits per heavy atom. The van der Waals surface area contributed by atoms with Gasteiger partial charge in [0.25, 0.3) is 5.91 Å². The third kappa shape index (κ3) is 5.43. The van der Waals surface area contributed by atoms with E-state index in [2.05, 4.69) is 0 Å². The zero-order valence-corrected chi connectivity index (χ0v) is 15.9. The monoisotopic (exact) mass is 408 g/mol. The number of carbonyl (C=O) groups is 2. The molecule has 0 aliphatic heterocycles. The maximum absolute atomic E-state index is 13.1. The number of nitriles is 1. The van der Waals surface area contributed by atoms with Crippen LogP contribution >= 0.6 is 23.2 Å². The SMILES string of the molecule is Cc1cc(N(CCC#N)C(=O)COC(=O)c2ccc(F)cc2Cl)ccc1Cl. The van der Waals surface area contributed by atoms with Gasteiger partial charge >= 0.3 is 5.97 Å². The van der Waals surface area contributed by atoms with Crippen LogP contribution in [0.5, 0.6) is 0 Å². The molecule has 5 nitrogen and oxygen atoms in total. The Morgan fingerprint density at radius 3 is 2.56 bits per heavy atom. The summed E-state index contributed by atoms with van der Waals surface area (Å²) in [5.41, 5.74) is 1.25. The molecule has 2 rings (SSSR count). The van der Waals surface area contributed by atoms with Crippen molar-refractivity contribution in [3.63, 3.8) is 0 Å². The number of carbonyl (C=O) groups excluding carboxylic acids is 2. The number of nitrogens with zero attached hydrogens (tertiary/aromatic N) is 2. The van der Waals surface area contributed by atoms with Crippen molar-refractivity contribution in [2.45, 2.75) is 13.3 Å². The summed E-state index contributed by atoms with van der Waals surface area (Å²) in [6.07, 6.45) is 0.102. The minimum atomic E-state index is -0.846. The predicted molar refractivity (Wildman–Crippen MR) is 100 cm³/mol. The maximum Gasteiger partial charge on any atom is 0.340 e. The van der Waals surface area contributed by atoms with Gasteiger partial charge in [0.2, 0.25) is 0 Å². The average molecular weight is 409 g/mol. The molecule has 0 saturated heterocycles. The van der Waals surface area contributed by atoms with Gasteiger partial charge in [0.05, 0.1) is 23.1 Å². The molecule has 0 aromatic heterocycles. The summed E-state index contributed by atoms with van der Waals surface area (Å²) >= 11 is 11.8. The van der Waals surface area contributed by atoms with E-state index < -0.39 is 24.3 Å². The molecule has 0 spiro atoms. The van der Waals surface area contributed by atoms with Gasteiger partial charge in [0, 0.05) is 17.3 Å². The van der Waals surface area contributed by atoms with Crippen LogP contribution in [0.25, 0.3) is 0 Å². The highest BCUT2D eigenvalue weighted by molar-refractivity contribution is 6.33. The van der Waals surface area contributed by atoms with Crippen molar-refractivity contribution < 1.29 is 18.7 Å². The highest BCUT2D eigenvalue weighted by Gasteiger charge is 2.20. The van der Waals surface area contributed by atoms with Crippen LogP contribution in [0.3, 0.4) is 0 Å². The zero-order chi connectivity index (χ0) is 20.0. The van der Waals surface area contributed by atoms with Crippen LogP contribution in [0.1, 0.15) is 22.3 Å². The Morgan fingerprint density at radius 1 is 1.19 bits per heavy atom. The van der Waals surface area contributed by atoms with Gasteiger partial charge in [0.15, 0.2) is 6.61 Å². The number of hydrogen-bond acceptors (Lipinski definition) is 4. The first-order valence-electron chi connectivity index (χ1n) is 7.89. The van der Waals surface area contributed by atoms with E-state index in [-0.39, 0.29) is 23.6 Å². The lowest BCUT2D eigenvalue weighted by atomic mass is 10.2.